The maximum absolute atomic E-state index is 12.4. The van der Waals surface area contributed by atoms with Crippen molar-refractivity contribution in [2.24, 2.45) is 5.92 Å². The number of likely N-dealkylation sites (tertiary alicyclic amines) is 1. The van der Waals surface area contributed by atoms with Crippen LogP contribution in [0.4, 0.5) is 5.69 Å². The summed E-state index contributed by atoms with van der Waals surface area (Å²) in [6.45, 7) is 5.49. The molecule has 0 radical (unpaired) electrons. The highest BCUT2D eigenvalue weighted by Gasteiger charge is 2.31. The Balaban J connectivity index is 1.93. The van der Waals surface area contributed by atoms with Gasteiger partial charge in [-0.2, -0.15) is 0 Å². The molecule has 1 aromatic carbocycles. The van der Waals surface area contributed by atoms with Crippen LogP contribution < -0.4 is 5.32 Å². The predicted octanol–water partition coefficient (Wildman–Crippen LogP) is 3.05. The van der Waals surface area contributed by atoms with Gasteiger partial charge in [0.25, 0.3) is 0 Å². The maximum Gasteiger partial charge on any atom is 0.310 e. The van der Waals surface area contributed by atoms with Crippen molar-refractivity contribution in [3.8, 4) is 0 Å². The molecule has 0 spiro atoms. The lowest BCUT2D eigenvalue weighted by Crippen LogP contribution is -2.48. The van der Waals surface area contributed by atoms with Gasteiger partial charge in [0.2, 0.25) is 5.91 Å². The van der Waals surface area contributed by atoms with Gasteiger partial charge in [0, 0.05) is 16.7 Å². The fraction of sp³-hybridized carbons (Fsp3) is 0.529. The van der Waals surface area contributed by atoms with Crippen molar-refractivity contribution in [1.82, 2.24) is 4.90 Å². The summed E-state index contributed by atoms with van der Waals surface area (Å²) in [5.74, 6) is -0.346. The normalized spacial score (nSPS) is 19.9. The van der Waals surface area contributed by atoms with Gasteiger partial charge < -0.3 is 10.1 Å². The van der Waals surface area contributed by atoms with E-state index in [1.807, 2.05) is 38.1 Å². The van der Waals surface area contributed by atoms with Crippen LogP contribution >= 0.6 is 15.9 Å². The average Bonchev–Trinajstić information content (AvgIpc) is 2.56. The summed E-state index contributed by atoms with van der Waals surface area (Å²) in [7, 11) is 0. The number of nitrogens with one attached hydrogen (secondary N) is 1. The van der Waals surface area contributed by atoms with Crippen LogP contribution in [0.25, 0.3) is 0 Å². The smallest absolute Gasteiger partial charge is 0.310 e. The number of hydrogen-bond acceptors (Lipinski definition) is 4. The van der Waals surface area contributed by atoms with E-state index >= 15 is 0 Å². The zero-order valence-electron chi connectivity index (χ0n) is 13.5. The second kappa shape index (κ2) is 8.45. The van der Waals surface area contributed by atoms with Crippen LogP contribution in [-0.2, 0) is 14.3 Å². The van der Waals surface area contributed by atoms with Crippen molar-refractivity contribution in [2.75, 3.05) is 25.0 Å². The molecule has 1 amide bonds. The molecular formula is C17H23BrN2O3. The molecule has 2 atom stereocenters. The molecule has 0 saturated carbocycles. The predicted molar refractivity (Wildman–Crippen MR) is 93.2 cm³/mol. The maximum atomic E-state index is 12.4. The third-order valence-corrected chi connectivity index (χ3v) is 4.64. The Morgan fingerprint density at radius 3 is 2.74 bits per heavy atom. The molecule has 1 N–H and O–H groups in total. The van der Waals surface area contributed by atoms with Crippen molar-refractivity contribution in [3.05, 3.63) is 28.7 Å². The van der Waals surface area contributed by atoms with Crippen LogP contribution in [0.1, 0.15) is 26.7 Å². The molecule has 5 nitrogen and oxygen atoms in total. The summed E-state index contributed by atoms with van der Waals surface area (Å²) in [6, 6.07) is 7.20. The van der Waals surface area contributed by atoms with Gasteiger partial charge in [-0.25, -0.2) is 0 Å². The number of benzene rings is 1. The minimum Gasteiger partial charge on any atom is -0.466 e. The molecule has 1 saturated heterocycles. The summed E-state index contributed by atoms with van der Waals surface area (Å²) < 4.78 is 6.08. The molecule has 0 aromatic heterocycles. The van der Waals surface area contributed by atoms with E-state index in [1.165, 1.54) is 0 Å². The molecule has 0 aliphatic carbocycles. The summed E-state index contributed by atoms with van der Waals surface area (Å²) >= 11 is 3.37. The standard InChI is InChI=1S/C17H23BrN2O3/c1-3-23-17(22)13-5-4-10-20(11-13)12(2)16(21)19-15-8-6-14(18)7-9-15/h6-9,12-13H,3-5,10-11H2,1-2H3,(H,19,21). The van der Waals surface area contributed by atoms with Crippen molar-refractivity contribution in [3.63, 3.8) is 0 Å². The van der Waals surface area contributed by atoms with Crippen molar-refractivity contribution in [1.29, 1.82) is 0 Å². The Morgan fingerprint density at radius 2 is 2.09 bits per heavy atom. The Hall–Kier alpha value is -1.40. The first-order chi connectivity index (χ1) is 11.0. The molecule has 1 aromatic rings. The monoisotopic (exact) mass is 382 g/mol. The number of rotatable bonds is 5. The molecule has 23 heavy (non-hydrogen) atoms. The van der Waals surface area contributed by atoms with Crippen LogP contribution in [0.5, 0.6) is 0 Å². The summed E-state index contributed by atoms with van der Waals surface area (Å²) in [5.41, 5.74) is 0.768. The van der Waals surface area contributed by atoms with Gasteiger partial charge in [0.05, 0.1) is 18.6 Å². The third kappa shape index (κ3) is 5.04. The second-order valence-corrected chi connectivity index (χ2v) is 6.67. The fourth-order valence-corrected chi connectivity index (χ4v) is 3.02. The molecule has 126 valence electrons. The van der Waals surface area contributed by atoms with E-state index in [0.29, 0.717) is 13.2 Å². The first-order valence-corrected chi connectivity index (χ1v) is 8.77. The summed E-state index contributed by atoms with van der Waals surface area (Å²) in [5, 5.41) is 2.92. The largest absolute Gasteiger partial charge is 0.466 e. The van der Waals surface area contributed by atoms with Crippen molar-refractivity contribution < 1.29 is 14.3 Å². The number of anilines is 1. The first kappa shape index (κ1) is 17.9. The number of hydrogen-bond donors (Lipinski definition) is 1. The topological polar surface area (TPSA) is 58.6 Å². The molecule has 6 heteroatoms. The fourth-order valence-electron chi connectivity index (χ4n) is 2.76. The second-order valence-electron chi connectivity index (χ2n) is 5.76. The van der Waals surface area contributed by atoms with Crippen molar-refractivity contribution >= 4 is 33.5 Å². The van der Waals surface area contributed by atoms with Crippen molar-refractivity contribution in [2.45, 2.75) is 32.7 Å². The molecule has 1 heterocycles. The number of esters is 1. The number of piperidine rings is 1. The molecule has 1 aliphatic heterocycles. The highest BCUT2D eigenvalue weighted by molar-refractivity contribution is 9.10. The van der Waals surface area contributed by atoms with Crippen LogP contribution in [0.2, 0.25) is 0 Å². The van der Waals surface area contributed by atoms with E-state index in [4.69, 9.17) is 4.74 Å². The molecule has 2 rings (SSSR count). The van der Waals surface area contributed by atoms with E-state index in [0.717, 1.165) is 29.5 Å². The zero-order valence-corrected chi connectivity index (χ0v) is 15.1. The SMILES string of the molecule is CCOC(=O)C1CCCN(C(C)C(=O)Nc2ccc(Br)cc2)C1. The molecular weight excluding hydrogens is 360 g/mol. The Morgan fingerprint density at radius 1 is 1.39 bits per heavy atom. The number of ether oxygens (including phenoxy) is 1. The summed E-state index contributed by atoms with van der Waals surface area (Å²) in [4.78, 5) is 26.4. The Kier molecular flexibility index (Phi) is 6.59. The van der Waals surface area contributed by atoms with Crippen LogP contribution in [0.15, 0.2) is 28.7 Å². The van der Waals surface area contributed by atoms with Gasteiger partial charge in [-0.3, -0.25) is 14.5 Å². The van der Waals surface area contributed by atoms with Gasteiger partial charge in [-0.15, -0.1) is 0 Å². The van der Waals surface area contributed by atoms with Crippen LogP contribution in [-0.4, -0.2) is 42.5 Å². The number of carbonyl (C=O) groups is 2. The van der Waals surface area contributed by atoms with E-state index in [9.17, 15) is 9.59 Å². The quantitative estimate of drug-likeness (QED) is 0.795. The Bertz CT molecular complexity index is 547. The minimum atomic E-state index is -0.282. The molecule has 1 fully saturated rings. The molecule has 0 bridgehead atoms. The first-order valence-electron chi connectivity index (χ1n) is 7.98. The number of carbonyl (C=O) groups excluding carboxylic acids is 2. The van der Waals surface area contributed by atoms with E-state index in [2.05, 4.69) is 26.1 Å². The van der Waals surface area contributed by atoms with E-state index in [-0.39, 0.29) is 23.8 Å². The number of amides is 1. The lowest BCUT2D eigenvalue weighted by molar-refractivity contribution is -0.150. The third-order valence-electron chi connectivity index (χ3n) is 4.11. The van der Waals surface area contributed by atoms with Gasteiger partial charge in [0.15, 0.2) is 0 Å². The van der Waals surface area contributed by atoms with Crippen LogP contribution in [0, 0.1) is 5.92 Å². The van der Waals surface area contributed by atoms with Gasteiger partial charge in [-0.1, -0.05) is 15.9 Å². The lowest BCUT2D eigenvalue weighted by atomic mass is 9.97. The highest BCUT2D eigenvalue weighted by atomic mass is 79.9. The van der Waals surface area contributed by atoms with Gasteiger partial charge >= 0.3 is 5.97 Å². The van der Waals surface area contributed by atoms with Crippen LogP contribution in [0.3, 0.4) is 0 Å². The molecule has 2 unspecified atom stereocenters. The Labute approximate surface area is 145 Å². The minimum absolute atomic E-state index is 0.0585. The average molecular weight is 383 g/mol. The number of nitrogens with zero attached hydrogens (tertiary/aromatic N) is 1. The number of halogens is 1. The van der Waals surface area contributed by atoms with E-state index in [1.54, 1.807) is 0 Å². The lowest BCUT2D eigenvalue weighted by Gasteiger charge is -2.35. The van der Waals surface area contributed by atoms with E-state index < -0.39 is 0 Å². The van der Waals surface area contributed by atoms with Gasteiger partial charge in [0.1, 0.15) is 0 Å². The van der Waals surface area contributed by atoms with Gasteiger partial charge in [-0.05, 0) is 57.5 Å². The highest BCUT2D eigenvalue weighted by Crippen LogP contribution is 2.21. The zero-order chi connectivity index (χ0) is 16.8. The molecule has 1 aliphatic rings. The summed E-state index contributed by atoms with van der Waals surface area (Å²) in [6.07, 6.45) is 1.73.